The van der Waals surface area contributed by atoms with Crippen molar-refractivity contribution in [3.63, 3.8) is 0 Å². The van der Waals surface area contributed by atoms with Crippen molar-refractivity contribution in [2.75, 3.05) is 6.54 Å². The van der Waals surface area contributed by atoms with Gasteiger partial charge in [-0.15, -0.1) is 6.58 Å². The predicted molar refractivity (Wildman–Crippen MR) is 115 cm³/mol. The molecule has 1 N–H and O–H groups in total. The molecular formula is C22H23N5O3. The van der Waals surface area contributed by atoms with Gasteiger partial charge in [0.25, 0.3) is 11.5 Å². The number of hydrogen-bond acceptors (Lipinski definition) is 5. The van der Waals surface area contributed by atoms with Crippen LogP contribution in [-0.4, -0.2) is 31.8 Å². The normalized spacial score (nSPS) is 11.3. The Morgan fingerprint density at radius 2 is 2.10 bits per heavy atom. The van der Waals surface area contributed by atoms with Crippen LogP contribution in [0.25, 0.3) is 22.0 Å². The summed E-state index contributed by atoms with van der Waals surface area (Å²) in [5.74, 6) is 0.0291. The molecule has 0 fully saturated rings. The van der Waals surface area contributed by atoms with E-state index in [-0.39, 0.29) is 28.1 Å². The molecule has 0 unspecified atom stereocenters. The number of aryl methyl sites for hydroxylation is 3. The first kappa shape index (κ1) is 19.6. The molecule has 0 aliphatic carbocycles. The highest BCUT2D eigenvalue weighted by Gasteiger charge is 2.22. The van der Waals surface area contributed by atoms with Gasteiger partial charge in [-0.1, -0.05) is 24.3 Å². The zero-order valence-electron chi connectivity index (χ0n) is 17.0. The van der Waals surface area contributed by atoms with E-state index in [0.29, 0.717) is 31.8 Å². The van der Waals surface area contributed by atoms with E-state index in [1.54, 1.807) is 13.0 Å². The van der Waals surface area contributed by atoms with E-state index in [1.165, 1.54) is 10.9 Å². The fourth-order valence-electron chi connectivity index (χ4n) is 3.63. The third-order valence-corrected chi connectivity index (χ3v) is 5.15. The monoisotopic (exact) mass is 405 g/mol. The number of carbonyl (C=O) groups is 1. The molecule has 3 heterocycles. The number of furan rings is 1. The lowest BCUT2D eigenvalue weighted by molar-refractivity contribution is 0.0952. The first-order valence-electron chi connectivity index (χ1n) is 9.81. The molecule has 0 radical (unpaired) electrons. The minimum Gasteiger partial charge on any atom is -0.442 e. The molecule has 8 heteroatoms. The molecule has 0 saturated carbocycles. The van der Waals surface area contributed by atoms with Gasteiger partial charge < -0.3 is 9.73 Å². The number of hydrogen-bond donors (Lipinski definition) is 1. The summed E-state index contributed by atoms with van der Waals surface area (Å²) in [6.07, 6.45) is 3.70. The standard InChI is InChI=1S/C22H23N5O3/c1-4-11-26-13-24-21-19(22(26)29)18(15(3)30-21)20(28)23-10-7-12-27-14(2)16-8-5-6-9-17(16)25-27/h4-6,8-9,13H,1,7,10-12H2,2-3H3,(H,23,28). The van der Waals surface area contributed by atoms with Gasteiger partial charge in [-0.2, -0.15) is 5.10 Å². The Hall–Kier alpha value is -3.68. The zero-order valence-corrected chi connectivity index (χ0v) is 17.0. The molecule has 1 amide bonds. The fraction of sp³-hybridized carbons (Fsp3) is 0.273. The van der Waals surface area contributed by atoms with Gasteiger partial charge in [0.1, 0.15) is 17.5 Å². The second-order valence-corrected chi connectivity index (χ2v) is 7.14. The first-order chi connectivity index (χ1) is 14.5. The third-order valence-electron chi connectivity index (χ3n) is 5.15. The summed E-state index contributed by atoms with van der Waals surface area (Å²) in [4.78, 5) is 29.7. The summed E-state index contributed by atoms with van der Waals surface area (Å²) in [5.41, 5.74) is 2.15. The van der Waals surface area contributed by atoms with Crippen molar-refractivity contribution in [1.82, 2.24) is 24.6 Å². The molecule has 0 saturated heterocycles. The number of aromatic nitrogens is 4. The van der Waals surface area contributed by atoms with Crippen LogP contribution in [0.5, 0.6) is 0 Å². The second-order valence-electron chi connectivity index (χ2n) is 7.14. The highest BCUT2D eigenvalue weighted by molar-refractivity contribution is 6.06. The Morgan fingerprint density at radius 3 is 2.87 bits per heavy atom. The van der Waals surface area contributed by atoms with Gasteiger partial charge in [0, 0.05) is 30.7 Å². The fourth-order valence-corrected chi connectivity index (χ4v) is 3.63. The van der Waals surface area contributed by atoms with Gasteiger partial charge in [-0.05, 0) is 26.3 Å². The SMILES string of the molecule is C=CCn1cnc2oc(C)c(C(=O)NCCCn3nc4ccccc4c3C)c2c1=O. The zero-order chi connectivity index (χ0) is 21.3. The molecule has 154 valence electrons. The van der Waals surface area contributed by atoms with Crippen LogP contribution in [0.2, 0.25) is 0 Å². The molecule has 3 aromatic heterocycles. The van der Waals surface area contributed by atoms with Gasteiger partial charge in [-0.3, -0.25) is 18.8 Å². The van der Waals surface area contributed by atoms with Crippen LogP contribution in [0.3, 0.4) is 0 Å². The molecule has 0 aliphatic rings. The lowest BCUT2D eigenvalue weighted by atomic mass is 10.1. The van der Waals surface area contributed by atoms with Crippen LogP contribution in [-0.2, 0) is 13.1 Å². The molecule has 0 spiro atoms. The maximum absolute atomic E-state index is 12.8. The number of amides is 1. The lowest BCUT2D eigenvalue weighted by Gasteiger charge is -2.07. The van der Waals surface area contributed by atoms with Gasteiger partial charge in [0.05, 0.1) is 11.1 Å². The van der Waals surface area contributed by atoms with Crippen LogP contribution in [0, 0.1) is 13.8 Å². The summed E-state index contributed by atoms with van der Waals surface area (Å²) < 4.78 is 8.88. The average Bonchev–Trinajstić information content (AvgIpc) is 3.24. The maximum Gasteiger partial charge on any atom is 0.265 e. The molecule has 0 bridgehead atoms. The van der Waals surface area contributed by atoms with Crippen molar-refractivity contribution in [2.45, 2.75) is 33.4 Å². The van der Waals surface area contributed by atoms with Crippen molar-refractivity contribution >= 4 is 27.9 Å². The maximum atomic E-state index is 12.8. The van der Waals surface area contributed by atoms with Crippen LogP contribution >= 0.6 is 0 Å². The Balaban J connectivity index is 1.47. The minimum absolute atomic E-state index is 0.168. The van der Waals surface area contributed by atoms with Crippen molar-refractivity contribution in [3.8, 4) is 0 Å². The molecule has 30 heavy (non-hydrogen) atoms. The second kappa shape index (κ2) is 7.98. The largest absolute Gasteiger partial charge is 0.442 e. The molecule has 0 aliphatic heterocycles. The number of benzene rings is 1. The van der Waals surface area contributed by atoms with Gasteiger partial charge >= 0.3 is 0 Å². The Bertz CT molecular complexity index is 1310. The number of nitrogens with one attached hydrogen (secondary N) is 1. The number of allylic oxidation sites excluding steroid dienone is 1. The van der Waals surface area contributed by atoms with Crippen molar-refractivity contribution in [1.29, 1.82) is 0 Å². The summed E-state index contributed by atoms with van der Waals surface area (Å²) >= 11 is 0. The Morgan fingerprint density at radius 1 is 1.30 bits per heavy atom. The number of fused-ring (bicyclic) bond motifs is 2. The smallest absolute Gasteiger partial charge is 0.265 e. The van der Waals surface area contributed by atoms with Crippen molar-refractivity contribution in [3.05, 3.63) is 70.6 Å². The molecule has 4 rings (SSSR count). The average molecular weight is 405 g/mol. The quantitative estimate of drug-likeness (QED) is 0.377. The molecular weight excluding hydrogens is 382 g/mol. The van der Waals surface area contributed by atoms with E-state index in [9.17, 15) is 9.59 Å². The van der Waals surface area contributed by atoms with Gasteiger partial charge in [-0.25, -0.2) is 4.98 Å². The van der Waals surface area contributed by atoms with Crippen molar-refractivity contribution < 1.29 is 9.21 Å². The van der Waals surface area contributed by atoms with Crippen LogP contribution in [0.15, 0.2) is 52.5 Å². The third kappa shape index (κ3) is 3.41. The minimum atomic E-state index is -0.344. The summed E-state index contributed by atoms with van der Waals surface area (Å²) in [6, 6.07) is 8.00. The van der Waals surface area contributed by atoms with Gasteiger partial charge in [0.2, 0.25) is 5.71 Å². The summed E-state index contributed by atoms with van der Waals surface area (Å²) in [5, 5.41) is 8.81. The van der Waals surface area contributed by atoms with E-state index in [4.69, 9.17) is 4.42 Å². The Labute approximate surface area is 172 Å². The van der Waals surface area contributed by atoms with E-state index in [1.807, 2.05) is 29.8 Å². The predicted octanol–water partition coefficient (Wildman–Crippen LogP) is 2.96. The van der Waals surface area contributed by atoms with E-state index >= 15 is 0 Å². The summed E-state index contributed by atoms with van der Waals surface area (Å²) in [6.45, 7) is 8.77. The highest BCUT2D eigenvalue weighted by Crippen LogP contribution is 2.21. The van der Waals surface area contributed by atoms with E-state index < -0.39 is 0 Å². The number of carbonyl (C=O) groups excluding carboxylic acids is 1. The molecule has 0 atom stereocenters. The van der Waals surface area contributed by atoms with Gasteiger partial charge in [0.15, 0.2) is 0 Å². The highest BCUT2D eigenvalue weighted by atomic mass is 16.3. The van der Waals surface area contributed by atoms with Crippen molar-refractivity contribution in [2.24, 2.45) is 0 Å². The Kier molecular flexibility index (Phi) is 5.22. The number of nitrogens with zero attached hydrogens (tertiary/aromatic N) is 4. The van der Waals surface area contributed by atoms with Crippen LogP contribution in [0.4, 0.5) is 0 Å². The van der Waals surface area contributed by atoms with E-state index in [2.05, 4.69) is 28.0 Å². The topological polar surface area (TPSA) is 95.0 Å². The molecule has 8 nitrogen and oxygen atoms in total. The first-order valence-corrected chi connectivity index (χ1v) is 9.81. The lowest BCUT2D eigenvalue weighted by Crippen LogP contribution is -2.28. The van der Waals surface area contributed by atoms with E-state index in [0.717, 1.165) is 16.6 Å². The number of rotatable bonds is 7. The summed E-state index contributed by atoms with van der Waals surface area (Å²) in [7, 11) is 0. The molecule has 4 aromatic rings. The van der Waals surface area contributed by atoms with Crippen LogP contribution < -0.4 is 10.9 Å². The van der Waals surface area contributed by atoms with Crippen LogP contribution in [0.1, 0.15) is 28.2 Å². The molecule has 1 aromatic carbocycles.